The zero-order valence-corrected chi connectivity index (χ0v) is 36.8. The highest BCUT2D eigenvalue weighted by atomic mass is 15.0. The van der Waals surface area contributed by atoms with Crippen molar-refractivity contribution in [3.63, 3.8) is 0 Å². The van der Waals surface area contributed by atoms with Gasteiger partial charge in [0.05, 0.1) is 16.4 Å². The van der Waals surface area contributed by atoms with E-state index in [1.165, 1.54) is 88.2 Å². The van der Waals surface area contributed by atoms with Gasteiger partial charge in [-0.3, -0.25) is 0 Å². The maximum Gasteiger partial charge on any atom is 0.0714 e. The average Bonchev–Trinajstić information content (AvgIpc) is 3.90. The van der Waals surface area contributed by atoms with Crippen molar-refractivity contribution in [3.8, 4) is 50.2 Å². The van der Waals surface area contributed by atoms with Gasteiger partial charge >= 0.3 is 0 Å². The standard InChI is InChI=1S/C65H44N2/c1-4-17-44(18-5-1)46-32-36-54(37-33-46)67-62-40-34-49(47-21-16-22-50(41-47)55-27-13-15-30-61(55)66-53-35-31-45-19-10-11-20-48(45)42-53)43-58(62)56-38-39-60-63(64(56)67)57-28-12-14-29-59(57)65(60,51-23-6-2-7-24-51)52-25-8-3-9-26-52/h1-43,66H. The number of benzene rings is 11. The number of hydrogen-bond donors (Lipinski definition) is 1. The minimum atomic E-state index is -0.508. The predicted molar refractivity (Wildman–Crippen MR) is 282 cm³/mol. The summed E-state index contributed by atoms with van der Waals surface area (Å²) >= 11 is 0. The second-order valence-corrected chi connectivity index (χ2v) is 17.7. The van der Waals surface area contributed by atoms with Crippen LogP contribution in [0.1, 0.15) is 22.3 Å². The van der Waals surface area contributed by atoms with Crippen LogP contribution in [0.5, 0.6) is 0 Å². The minimum absolute atomic E-state index is 0.508. The molecule has 0 bridgehead atoms. The van der Waals surface area contributed by atoms with E-state index in [-0.39, 0.29) is 0 Å². The number of hydrogen-bond acceptors (Lipinski definition) is 1. The van der Waals surface area contributed by atoms with Crippen molar-refractivity contribution in [3.05, 3.63) is 283 Å². The molecule has 0 radical (unpaired) electrons. The lowest BCUT2D eigenvalue weighted by Gasteiger charge is -2.33. The second kappa shape index (κ2) is 15.8. The van der Waals surface area contributed by atoms with Gasteiger partial charge in [0.25, 0.3) is 0 Å². The van der Waals surface area contributed by atoms with Gasteiger partial charge in [-0.2, -0.15) is 0 Å². The number of fused-ring (bicyclic) bond motifs is 8. The highest BCUT2D eigenvalue weighted by Gasteiger charge is 2.47. The van der Waals surface area contributed by atoms with E-state index in [1.54, 1.807) is 0 Å². The molecule has 2 nitrogen and oxygen atoms in total. The SMILES string of the molecule is c1ccc(-c2ccc(-n3c4ccc(-c5cccc(-c6ccccc6Nc6ccc7ccccc7c6)c5)cc4c4ccc5c(c43)-c3ccccc3C5(c3ccccc3)c3ccccc3)cc2)cc1. The van der Waals surface area contributed by atoms with E-state index in [2.05, 4.69) is 271 Å². The van der Waals surface area contributed by atoms with Crippen molar-refractivity contribution in [1.29, 1.82) is 0 Å². The van der Waals surface area contributed by atoms with E-state index in [0.717, 1.165) is 28.2 Å². The molecule has 0 unspecified atom stereocenters. The Hall–Kier alpha value is -8.72. The van der Waals surface area contributed by atoms with Crippen LogP contribution in [0.25, 0.3) is 82.8 Å². The van der Waals surface area contributed by atoms with Gasteiger partial charge < -0.3 is 9.88 Å². The molecule has 0 spiro atoms. The van der Waals surface area contributed by atoms with Gasteiger partial charge in [-0.1, -0.05) is 212 Å². The molecule has 67 heavy (non-hydrogen) atoms. The van der Waals surface area contributed by atoms with E-state index in [4.69, 9.17) is 0 Å². The summed E-state index contributed by atoms with van der Waals surface area (Å²) in [6.07, 6.45) is 0. The van der Waals surface area contributed by atoms with E-state index in [9.17, 15) is 0 Å². The van der Waals surface area contributed by atoms with E-state index in [0.29, 0.717) is 0 Å². The van der Waals surface area contributed by atoms with Gasteiger partial charge in [-0.05, 0) is 115 Å². The van der Waals surface area contributed by atoms with Crippen molar-refractivity contribution in [2.75, 3.05) is 5.32 Å². The highest BCUT2D eigenvalue weighted by Crippen LogP contribution is 2.58. The maximum absolute atomic E-state index is 3.75. The largest absolute Gasteiger partial charge is 0.355 e. The molecule has 0 aliphatic heterocycles. The molecule has 1 aliphatic carbocycles. The van der Waals surface area contributed by atoms with Crippen molar-refractivity contribution in [2.45, 2.75) is 5.41 Å². The average molecular weight is 853 g/mol. The number of nitrogens with zero attached hydrogens (tertiary/aromatic N) is 1. The van der Waals surface area contributed by atoms with Crippen LogP contribution >= 0.6 is 0 Å². The van der Waals surface area contributed by atoms with Gasteiger partial charge in [0.15, 0.2) is 0 Å². The normalized spacial score (nSPS) is 12.6. The summed E-state index contributed by atoms with van der Waals surface area (Å²) in [7, 11) is 0. The monoisotopic (exact) mass is 852 g/mol. The Labute approximate surface area is 390 Å². The number of para-hydroxylation sites is 1. The Morgan fingerprint density at radius 1 is 0.343 bits per heavy atom. The van der Waals surface area contributed by atoms with Crippen LogP contribution in [0.4, 0.5) is 11.4 Å². The van der Waals surface area contributed by atoms with Crippen molar-refractivity contribution < 1.29 is 0 Å². The summed E-state index contributed by atoms with van der Waals surface area (Å²) in [6.45, 7) is 0. The fourth-order valence-corrected chi connectivity index (χ4v) is 11.0. The molecule has 0 fully saturated rings. The first kappa shape index (κ1) is 38.7. The van der Waals surface area contributed by atoms with Gasteiger partial charge in [-0.25, -0.2) is 0 Å². The maximum atomic E-state index is 3.75. The molecule has 0 saturated carbocycles. The molecule has 2 heteroatoms. The van der Waals surface area contributed by atoms with Gasteiger partial charge in [0.1, 0.15) is 0 Å². The van der Waals surface area contributed by atoms with E-state index < -0.39 is 5.41 Å². The minimum Gasteiger partial charge on any atom is -0.355 e. The first-order chi connectivity index (χ1) is 33.2. The Morgan fingerprint density at radius 2 is 0.940 bits per heavy atom. The lowest BCUT2D eigenvalue weighted by molar-refractivity contribution is 0.769. The first-order valence-corrected chi connectivity index (χ1v) is 23.2. The Kier molecular flexibility index (Phi) is 9.11. The van der Waals surface area contributed by atoms with Crippen LogP contribution < -0.4 is 5.32 Å². The van der Waals surface area contributed by atoms with Gasteiger partial charge in [0, 0.05) is 39.0 Å². The Balaban J connectivity index is 1.01. The first-order valence-electron chi connectivity index (χ1n) is 23.2. The molecule has 12 aromatic rings. The van der Waals surface area contributed by atoms with E-state index in [1.807, 2.05) is 0 Å². The molecule has 13 rings (SSSR count). The fourth-order valence-electron chi connectivity index (χ4n) is 11.0. The number of nitrogens with one attached hydrogen (secondary N) is 1. The molecule has 1 heterocycles. The third-order valence-corrected chi connectivity index (χ3v) is 14.0. The summed E-state index contributed by atoms with van der Waals surface area (Å²) in [4.78, 5) is 0. The number of aromatic nitrogens is 1. The molecule has 1 aromatic heterocycles. The Morgan fingerprint density at radius 3 is 1.72 bits per heavy atom. The van der Waals surface area contributed by atoms with Crippen molar-refractivity contribution in [1.82, 2.24) is 4.57 Å². The molecule has 314 valence electrons. The second-order valence-electron chi connectivity index (χ2n) is 17.7. The summed E-state index contributed by atoms with van der Waals surface area (Å²) in [5.41, 5.74) is 19.9. The summed E-state index contributed by atoms with van der Waals surface area (Å²) in [5.74, 6) is 0. The third-order valence-electron chi connectivity index (χ3n) is 14.0. The number of rotatable bonds is 8. The topological polar surface area (TPSA) is 17.0 Å². The zero-order chi connectivity index (χ0) is 44.3. The quantitative estimate of drug-likeness (QED) is 0.161. The summed E-state index contributed by atoms with van der Waals surface area (Å²) in [5, 5.41) is 8.65. The van der Waals surface area contributed by atoms with Crippen LogP contribution in [-0.2, 0) is 5.41 Å². The smallest absolute Gasteiger partial charge is 0.0714 e. The molecule has 11 aromatic carbocycles. The molecular formula is C65H44N2. The van der Waals surface area contributed by atoms with Crippen LogP contribution in [0.3, 0.4) is 0 Å². The molecule has 0 amide bonds. The predicted octanol–water partition coefficient (Wildman–Crippen LogP) is 17.0. The van der Waals surface area contributed by atoms with Crippen LogP contribution in [0.2, 0.25) is 0 Å². The van der Waals surface area contributed by atoms with E-state index >= 15 is 0 Å². The molecule has 1 aliphatic rings. The van der Waals surface area contributed by atoms with Gasteiger partial charge in [0.2, 0.25) is 0 Å². The molecule has 0 atom stereocenters. The summed E-state index contributed by atoms with van der Waals surface area (Å²) in [6, 6.07) is 95.7. The third kappa shape index (κ3) is 6.26. The fraction of sp³-hybridized carbons (Fsp3) is 0.0154. The lowest BCUT2D eigenvalue weighted by Crippen LogP contribution is -2.28. The highest BCUT2D eigenvalue weighted by molar-refractivity contribution is 6.17. The van der Waals surface area contributed by atoms with Crippen LogP contribution in [0.15, 0.2) is 261 Å². The van der Waals surface area contributed by atoms with Gasteiger partial charge in [-0.15, -0.1) is 0 Å². The van der Waals surface area contributed by atoms with Crippen molar-refractivity contribution >= 4 is 44.0 Å². The zero-order valence-electron chi connectivity index (χ0n) is 36.8. The lowest BCUT2D eigenvalue weighted by atomic mass is 9.67. The molecule has 0 saturated heterocycles. The van der Waals surface area contributed by atoms with Crippen molar-refractivity contribution in [2.24, 2.45) is 0 Å². The summed E-state index contributed by atoms with van der Waals surface area (Å²) < 4.78 is 2.52. The van der Waals surface area contributed by atoms with Crippen LogP contribution in [-0.4, -0.2) is 4.57 Å². The molecular weight excluding hydrogens is 809 g/mol. The molecule has 1 N–H and O–H groups in total. The van der Waals surface area contributed by atoms with Crippen LogP contribution in [0, 0.1) is 0 Å². The number of anilines is 2. The Bertz CT molecular complexity index is 3770.